The van der Waals surface area contributed by atoms with Crippen molar-refractivity contribution in [1.82, 2.24) is 4.31 Å². The van der Waals surface area contributed by atoms with Crippen LogP contribution in [0.4, 0.5) is 0 Å². The lowest BCUT2D eigenvalue weighted by Crippen LogP contribution is -2.39. The maximum Gasteiger partial charge on any atom is 0.327 e. The van der Waals surface area contributed by atoms with Crippen LogP contribution in [0.1, 0.15) is 26.2 Å². The molecular formula is C9H15NO2S. The van der Waals surface area contributed by atoms with Crippen LogP contribution < -0.4 is 0 Å². The monoisotopic (exact) mass is 201 g/mol. The molecule has 0 bridgehead atoms. The van der Waals surface area contributed by atoms with Gasteiger partial charge in [-0.2, -0.15) is 0 Å². The summed E-state index contributed by atoms with van der Waals surface area (Å²) in [5.41, 5.74) is -0.225. The molecule has 2 aliphatic rings. The smallest absolute Gasteiger partial charge is 0.327 e. The lowest BCUT2D eigenvalue weighted by molar-refractivity contribution is -0.149. The van der Waals surface area contributed by atoms with E-state index >= 15 is 0 Å². The summed E-state index contributed by atoms with van der Waals surface area (Å²) < 4.78 is 7.31. The highest BCUT2D eigenvalue weighted by Crippen LogP contribution is 2.48. The second-order valence-corrected chi connectivity index (χ2v) is 4.65. The second-order valence-electron chi connectivity index (χ2n) is 3.54. The van der Waals surface area contributed by atoms with Crippen molar-refractivity contribution in [3.05, 3.63) is 0 Å². The Morgan fingerprint density at radius 1 is 1.62 bits per heavy atom. The SMILES string of the molecule is CCOC(=O)C1(N2CCCS2)CC1. The van der Waals surface area contributed by atoms with Crippen LogP contribution in [0.3, 0.4) is 0 Å². The Balaban J connectivity index is 1.98. The first-order valence-corrected chi connectivity index (χ1v) is 5.81. The highest BCUT2D eigenvalue weighted by molar-refractivity contribution is 7.97. The topological polar surface area (TPSA) is 29.5 Å². The Morgan fingerprint density at radius 3 is 2.85 bits per heavy atom. The summed E-state index contributed by atoms with van der Waals surface area (Å²) in [6, 6.07) is 0. The van der Waals surface area contributed by atoms with Gasteiger partial charge in [-0.3, -0.25) is 4.79 Å². The van der Waals surface area contributed by atoms with E-state index in [2.05, 4.69) is 4.31 Å². The summed E-state index contributed by atoms with van der Waals surface area (Å²) in [6.07, 6.45) is 3.17. The van der Waals surface area contributed by atoms with Gasteiger partial charge in [-0.05, 0) is 26.2 Å². The largest absolute Gasteiger partial charge is 0.465 e. The van der Waals surface area contributed by atoms with Crippen molar-refractivity contribution in [2.24, 2.45) is 0 Å². The van der Waals surface area contributed by atoms with E-state index in [0.29, 0.717) is 6.61 Å². The standard InChI is InChI=1S/C9H15NO2S/c1-2-12-8(11)9(4-5-9)10-6-3-7-13-10/h2-7H2,1H3. The number of hydrogen-bond donors (Lipinski definition) is 0. The van der Waals surface area contributed by atoms with Crippen LogP contribution in [-0.4, -0.2) is 34.7 Å². The predicted octanol–water partition coefficient (Wildman–Crippen LogP) is 1.44. The number of hydrogen-bond acceptors (Lipinski definition) is 4. The van der Waals surface area contributed by atoms with Crippen molar-refractivity contribution in [2.75, 3.05) is 18.9 Å². The zero-order chi connectivity index (χ0) is 9.31. The van der Waals surface area contributed by atoms with Crippen molar-refractivity contribution in [3.63, 3.8) is 0 Å². The van der Waals surface area contributed by atoms with Gasteiger partial charge in [-0.1, -0.05) is 11.9 Å². The molecule has 0 N–H and O–H groups in total. The third-order valence-corrected chi connectivity index (χ3v) is 3.92. The molecule has 1 aliphatic carbocycles. The quantitative estimate of drug-likeness (QED) is 0.510. The van der Waals surface area contributed by atoms with Crippen molar-refractivity contribution >= 4 is 17.9 Å². The first kappa shape index (κ1) is 9.34. The summed E-state index contributed by atoms with van der Waals surface area (Å²) in [7, 11) is 0. The lowest BCUT2D eigenvalue weighted by atomic mass is 10.2. The minimum absolute atomic E-state index is 0.00981. The van der Waals surface area contributed by atoms with Crippen molar-refractivity contribution in [1.29, 1.82) is 0 Å². The number of rotatable bonds is 3. The Labute approximate surface area is 82.9 Å². The Bertz CT molecular complexity index is 210. The van der Waals surface area contributed by atoms with Gasteiger partial charge in [-0.15, -0.1) is 0 Å². The molecule has 1 saturated heterocycles. The van der Waals surface area contributed by atoms with Crippen molar-refractivity contribution in [3.8, 4) is 0 Å². The molecule has 2 fully saturated rings. The van der Waals surface area contributed by atoms with Crippen molar-refractivity contribution in [2.45, 2.75) is 31.7 Å². The van der Waals surface area contributed by atoms with Gasteiger partial charge in [0, 0.05) is 12.3 Å². The molecule has 0 radical (unpaired) electrons. The molecule has 0 amide bonds. The Morgan fingerprint density at radius 2 is 2.38 bits per heavy atom. The molecule has 2 rings (SSSR count). The minimum atomic E-state index is -0.225. The third-order valence-electron chi connectivity index (χ3n) is 2.61. The fourth-order valence-corrected chi connectivity index (χ4v) is 2.97. The molecular weight excluding hydrogens is 186 g/mol. The fraction of sp³-hybridized carbons (Fsp3) is 0.889. The maximum atomic E-state index is 11.6. The lowest BCUT2D eigenvalue weighted by Gasteiger charge is -2.23. The Kier molecular flexibility index (Phi) is 2.51. The first-order chi connectivity index (χ1) is 6.29. The number of esters is 1. The van der Waals surface area contributed by atoms with E-state index in [4.69, 9.17) is 4.74 Å². The van der Waals surface area contributed by atoms with E-state index in [9.17, 15) is 4.79 Å². The van der Waals surface area contributed by atoms with Gasteiger partial charge in [-0.25, -0.2) is 4.31 Å². The van der Waals surface area contributed by atoms with Crippen molar-refractivity contribution < 1.29 is 9.53 Å². The molecule has 74 valence electrons. The van der Waals surface area contributed by atoms with Gasteiger partial charge >= 0.3 is 5.97 Å². The molecule has 0 spiro atoms. The molecule has 1 aliphatic heterocycles. The van der Waals surface area contributed by atoms with E-state index in [-0.39, 0.29) is 11.5 Å². The van der Waals surface area contributed by atoms with Gasteiger partial charge in [0.25, 0.3) is 0 Å². The van der Waals surface area contributed by atoms with Gasteiger partial charge in [0.1, 0.15) is 5.54 Å². The molecule has 0 aromatic carbocycles. The summed E-state index contributed by atoms with van der Waals surface area (Å²) >= 11 is 1.80. The molecule has 4 heteroatoms. The second kappa shape index (κ2) is 3.50. The van der Waals surface area contributed by atoms with Gasteiger partial charge in [0.05, 0.1) is 6.61 Å². The van der Waals surface area contributed by atoms with E-state index < -0.39 is 0 Å². The van der Waals surface area contributed by atoms with E-state index in [0.717, 1.165) is 25.1 Å². The zero-order valence-electron chi connectivity index (χ0n) is 7.91. The predicted molar refractivity (Wildman–Crippen MR) is 52.4 cm³/mol. The Hall–Kier alpha value is -0.220. The van der Waals surface area contributed by atoms with Crippen LogP contribution in [0.25, 0.3) is 0 Å². The van der Waals surface area contributed by atoms with E-state index in [1.54, 1.807) is 11.9 Å². The van der Waals surface area contributed by atoms with Crippen LogP contribution >= 0.6 is 11.9 Å². The van der Waals surface area contributed by atoms with Gasteiger partial charge in [0.15, 0.2) is 0 Å². The van der Waals surface area contributed by atoms with Crippen LogP contribution in [-0.2, 0) is 9.53 Å². The molecule has 1 saturated carbocycles. The van der Waals surface area contributed by atoms with Gasteiger partial charge in [0.2, 0.25) is 0 Å². The molecule has 3 nitrogen and oxygen atoms in total. The van der Waals surface area contributed by atoms with Gasteiger partial charge < -0.3 is 4.74 Å². The summed E-state index contributed by atoms with van der Waals surface area (Å²) in [4.78, 5) is 11.6. The fourth-order valence-electron chi connectivity index (χ4n) is 1.72. The molecule has 1 heterocycles. The van der Waals surface area contributed by atoms with Crippen LogP contribution in [0.2, 0.25) is 0 Å². The summed E-state index contributed by atoms with van der Waals surface area (Å²) in [6.45, 7) is 3.41. The third kappa shape index (κ3) is 1.57. The summed E-state index contributed by atoms with van der Waals surface area (Å²) in [5, 5.41) is 0. The molecule has 0 atom stereocenters. The minimum Gasteiger partial charge on any atom is -0.465 e. The number of ether oxygens (including phenoxy) is 1. The highest BCUT2D eigenvalue weighted by atomic mass is 32.2. The highest BCUT2D eigenvalue weighted by Gasteiger charge is 2.57. The van der Waals surface area contributed by atoms with Crippen LogP contribution in [0, 0.1) is 0 Å². The molecule has 0 aromatic heterocycles. The number of carbonyl (C=O) groups is 1. The zero-order valence-corrected chi connectivity index (χ0v) is 8.73. The average Bonchev–Trinajstić information content (AvgIpc) is 2.76. The summed E-state index contributed by atoms with van der Waals surface area (Å²) in [5.74, 6) is 1.14. The normalized spacial score (nSPS) is 25.9. The first-order valence-electron chi connectivity index (χ1n) is 4.87. The molecule has 13 heavy (non-hydrogen) atoms. The van der Waals surface area contributed by atoms with E-state index in [1.807, 2.05) is 6.92 Å². The number of nitrogens with zero attached hydrogens (tertiary/aromatic N) is 1. The molecule has 0 unspecified atom stereocenters. The van der Waals surface area contributed by atoms with E-state index in [1.165, 1.54) is 6.42 Å². The van der Waals surface area contributed by atoms with Crippen LogP contribution in [0.5, 0.6) is 0 Å². The maximum absolute atomic E-state index is 11.6. The number of carbonyl (C=O) groups excluding carboxylic acids is 1. The molecule has 0 aromatic rings. The van der Waals surface area contributed by atoms with Crippen LogP contribution in [0.15, 0.2) is 0 Å². The average molecular weight is 201 g/mol.